The van der Waals surface area contributed by atoms with Gasteiger partial charge in [-0.05, 0) is 51.7 Å². The van der Waals surface area contributed by atoms with E-state index in [1.54, 1.807) is 7.05 Å². The lowest BCUT2D eigenvalue weighted by Crippen LogP contribution is -2.49. The van der Waals surface area contributed by atoms with Gasteiger partial charge in [0, 0.05) is 60.6 Å². The van der Waals surface area contributed by atoms with Crippen molar-refractivity contribution in [3.8, 4) is 0 Å². The molecule has 2 N–H and O–H groups in total. The van der Waals surface area contributed by atoms with Crippen LogP contribution in [0.15, 0.2) is 29.3 Å². The smallest absolute Gasteiger partial charge is 0.191 e. The maximum atomic E-state index is 12.1. The van der Waals surface area contributed by atoms with Crippen molar-refractivity contribution in [2.24, 2.45) is 4.99 Å². The van der Waals surface area contributed by atoms with E-state index in [0.29, 0.717) is 18.3 Å². The Hall–Kier alpha value is -0.670. The zero-order chi connectivity index (χ0) is 19.9. The van der Waals surface area contributed by atoms with Gasteiger partial charge in [-0.15, -0.1) is 24.0 Å². The lowest BCUT2D eigenvalue weighted by Gasteiger charge is -2.33. The van der Waals surface area contributed by atoms with Crippen LogP contribution in [0.25, 0.3) is 0 Å². The molecule has 1 saturated heterocycles. The zero-order valence-electron chi connectivity index (χ0n) is 18.0. The normalized spacial score (nSPS) is 17.7. The van der Waals surface area contributed by atoms with E-state index in [1.165, 1.54) is 11.1 Å². The van der Waals surface area contributed by atoms with Crippen LogP contribution in [0.5, 0.6) is 0 Å². The van der Waals surface area contributed by atoms with Crippen LogP contribution in [0.2, 0.25) is 0 Å². The average Bonchev–Trinajstić information content (AvgIpc) is 2.63. The van der Waals surface area contributed by atoms with E-state index in [0.717, 1.165) is 38.4 Å². The molecule has 1 heterocycles. The molecule has 1 aliphatic heterocycles. The molecular formula is C21H37IN4OS. The summed E-state index contributed by atoms with van der Waals surface area (Å²) in [6, 6.07) is 9.08. The highest BCUT2D eigenvalue weighted by Crippen LogP contribution is 2.16. The Morgan fingerprint density at radius 3 is 2.46 bits per heavy atom. The predicted molar refractivity (Wildman–Crippen MR) is 132 cm³/mol. The number of nitrogens with one attached hydrogen (secondary N) is 2. The third kappa shape index (κ3) is 8.37. The molecule has 0 spiro atoms. The van der Waals surface area contributed by atoms with Gasteiger partial charge in [-0.25, -0.2) is 0 Å². The summed E-state index contributed by atoms with van der Waals surface area (Å²) in [4.78, 5) is 6.85. The Labute approximate surface area is 190 Å². The van der Waals surface area contributed by atoms with Gasteiger partial charge in [0.15, 0.2) is 5.96 Å². The van der Waals surface area contributed by atoms with Crippen LogP contribution < -0.4 is 10.6 Å². The van der Waals surface area contributed by atoms with Crippen LogP contribution in [0.1, 0.15) is 44.7 Å². The largest absolute Gasteiger partial charge is 0.355 e. The number of nitrogens with zero attached hydrogens (tertiary/aromatic N) is 2. The van der Waals surface area contributed by atoms with Crippen molar-refractivity contribution in [1.29, 1.82) is 0 Å². The number of benzene rings is 1. The van der Waals surface area contributed by atoms with Crippen molar-refractivity contribution in [2.75, 3.05) is 32.4 Å². The minimum absolute atomic E-state index is 0. The Morgan fingerprint density at radius 1 is 1.25 bits per heavy atom. The van der Waals surface area contributed by atoms with Gasteiger partial charge in [0.2, 0.25) is 0 Å². The van der Waals surface area contributed by atoms with Crippen molar-refractivity contribution in [3.05, 3.63) is 35.4 Å². The number of hydrogen-bond acceptors (Lipinski definition) is 3. The molecule has 2 rings (SSSR count). The molecule has 1 fully saturated rings. The molecule has 0 saturated carbocycles. The van der Waals surface area contributed by atoms with Crippen molar-refractivity contribution < 1.29 is 4.21 Å². The van der Waals surface area contributed by atoms with E-state index in [2.05, 4.69) is 51.7 Å². The van der Waals surface area contributed by atoms with Gasteiger partial charge in [0.05, 0.1) is 0 Å². The molecule has 1 aromatic carbocycles. The first-order valence-electron chi connectivity index (χ1n) is 9.92. The number of piperidine rings is 1. The lowest BCUT2D eigenvalue weighted by molar-refractivity contribution is 0.198. The summed E-state index contributed by atoms with van der Waals surface area (Å²) in [5.41, 5.74) is 2.79. The molecule has 0 aromatic heterocycles. The van der Waals surface area contributed by atoms with Crippen LogP contribution >= 0.6 is 24.0 Å². The molecule has 1 atom stereocenters. The first kappa shape index (κ1) is 25.4. The first-order valence-corrected chi connectivity index (χ1v) is 11.2. The molecule has 1 unspecified atom stereocenters. The van der Waals surface area contributed by atoms with Crippen LogP contribution in [0.4, 0.5) is 0 Å². The minimum atomic E-state index is -0.841. The fourth-order valence-corrected chi connectivity index (χ4v) is 4.12. The maximum Gasteiger partial charge on any atom is 0.191 e. The monoisotopic (exact) mass is 520 g/mol. The van der Waals surface area contributed by atoms with E-state index >= 15 is 0 Å². The predicted octanol–water partition coefficient (Wildman–Crippen LogP) is 3.29. The van der Waals surface area contributed by atoms with Gasteiger partial charge >= 0.3 is 0 Å². The van der Waals surface area contributed by atoms with Crippen LogP contribution in [0.3, 0.4) is 0 Å². The van der Waals surface area contributed by atoms with Crippen molar-refractivity contribution in [1.82, 2.24) is 15.5 Å². The van der Waals surface area contributed by atoms with E-state index in [-0.39, 0.29) is 28.7 Å². The Balaban J connectivity index is 0.00000392. The molecule has 1 aliphatic rings. The van der Waals surface area contributed by atoms with Crippen LogP contribution in [-0.4, -0.2) is 58.3 Å². The topological polar surface area (TPSA) is 56.7 Å². The highest BCUT2D eigenvalue weighted by atomic mass is 127. The van der Waals surface area contributed by atoms with Gasteiger partial charge in [-0.3, -0.25) is 14.1 Å². The number of guanidine groups is 1. The van der Waals surface area contributed by atoms with Crippen molar-refractivity contribution in [3.63, 3.8) is 0 Å². The van der Waals surface area contributed by atoms with Crippen molar-refractivity contribution >= 4 is 40.7 Å². The van der Waals surface area contributed by atoms with Crippen LogP contribution in [-0.2, 0) is 17.3 Å². The maximum absolute atomic E-state index is 12.1. The summed E-state index contributed by atoms with van der Waals surface area (Å²) in [6.45, 7) is 12.1. The van der Waals surface area contributed by atoms with E-state index in [1.807, 2.05) is 20.8 Å². The Bertz CT molecular complexity index is 652. The second-order valence-corrected chi connectivity index (χ2v) is 10.6. The zero-order valence-corrected chi connectivity index (χ0v) is 21.1. The lowest BCUT2D eigenvalue weighted by atomic mass is 10.0. The molecule has 0 amide bonds. The summed E-state index contributed by atoms with van der Waals surface area (Å²) in [7, 11) is 0.954. The van der Waals surface area contributed by atoms with E-state index in [9.17, 15) is 4.21 Å². The Kier molecular flexibility index (Phi) is 11.0. The Morgan fingerprint density at radius 2 is 1.89 bits per heavy atom. The second-order valence-electron chi connectivity index (χ2n) is 8.28. The summed E-state index contributed by atoms with van der Waals surface area (Å²) in [5, 5.41) is 6.84. The highest BCUT2D eigenvalue weighted by Gasteiger charge is 2.21. The number of hydrogen-bond donors (Lipinski definition) is 2. The number of aryl methyl sites for hydroxylation is 1. The van der Waals surface area contributed by atoms with Crippen molar-refractivity contribution in [2.45, 2.75) is 57.9 Å². The fraction of sp³-hybridized carbons (Fsp3) is 0.667. The molecule has 7 heteroatoms. The number of likely N-dealkylation sites (tertiary alicyclic amines) is 1. The second kappa shape index (κ2) is 12.1. The number of rotatable bonds is 6. The minimum Gasteiger partial charge on any atom is -0.355 e. The molecule has 160 valence electrons. The third-order valence-electron chi connectivity index (χ3n) is 5.07. The summed E-state index contributed by atoms with van der Waals surface area (Å²) in [6.07, 6.45) is 2.22. The number of halogens is 1. The van der Waals surface area contributed by atoms with Gasteiger partial charge in [0.25, 0.3) is 0 Å². The molecule has 0 aliphatic carbocycles. The molecule has 0 radical (unpaired) electrons. The third-order valence-corrected chi connectivity index (χ3v) is 7.01. The quantitative estimate of drug-likeness (QED) is 0.344. The molecular weight excluding hydrogens is 483 g/mol. The molecule has 5 nitrogen and oxygen atoms in total. The SMILES string of the molecule is CN=C(NCCS(=O)C(C)(C)C)NC1CCN(Cc2ccccc2C)CC1.I. The van der Waals surface area contributed by atoms with E-state index < -0.39 is 10.8 Å². The van der Waals surface area contributed by atoms with Gasteiger partial charge in [-0.1, -0.05) is 24.3 Å². The molecule has 28 heavy (non-hydrogen) atoms. The standard InChI is InChI=1S/C21H36N4OS.HI/c1-17-8-6-7-9-18(17)16-25-13-10-19(11-14-25)24-20(22-5)23-12-15-27(26)21(2,3)4;/h6-9,19H,10-16H2,1-5H3,(H2,22,23,24);1H. The van der Waals surface area contributed by atoms with E-state index in [4.69, 9.17) is 0 Å². The molecule has 0 bridgehead atoms. The fourth-order valence-electron chi connectivity index (χ4n) is 3.22. The summed E-state index contributed by atoms with van der Waals surface area (Å²) >= 11 is 0. The summed E-state index contributed by atoms with van der Waals surface area (Å²) in [5.74, 6) is 1.46. The van der Waals surface area contributed by atoms with Crippen LogP contribution in [0, 0.1) is 6.92 Å². The van der Waals surface area contributed by atoms with Gasteiger partial charge < -0.3 is 10.6 Å². The van der Waals surface area contributed by atoms with Gasteiger partial charge in [-0.2, -0.15) is 0 Å². The molecule has 1 aromatic rings. The number of aliphatic imine (C=N–C) groups is 1. The highest BCUT2D eigenvalue weighted by molar-refractivity contribution is 14.0. The van der Waals surface area contributed by atoms with Gasteiger partial charge in [0.1, 0.15) is 0 Å². The average molecular weight is 521 g/mol. The summed E-state index contributed by atoms with van der Waals surface area (Å²) < 4.78 is 12.0. The first-order chi connectivity index (χ1) is 12.8.